The van der Waals surface area contributed by atoms with Crippen LogP contribution in [0.1, 0.15) is 25.3 Å². The van der Waals surface area contributed by atoms with Crippen LogP contribution in [0.4, 0.5) is 5.69 Å². The van der Waals surface area contributed by atoms with Gasteiger partial charge in [0.25, 0.3) is 0 Å². The van der Waals surface area contributed by atoms with Crippen molar-refractivity contribution in [1.82, 2.24) is 25.0 Å². The van der Waals surface area contributed by atoms with E-state index in [1.54, 1.807) is 13.1 Å². The van der Waals surface area contributed by atoms with Crippen LogP contribution in [0.25, 0.3) is 10.9 Å². The second kappa shape index (κ2) is 13.3. The first-order valence-corrected chi connectivity index (χ1v) is 14.7. The summed E-state index contributed by atoms with van der Waals surface area (Å²) in [4.78, 5) is 50.4. The molecule has 3 aromatic rings. The lowest BCUT2D eigenvalue weighted by Gasteiger charge is -2.41. The Bertz CT molecular complexity index is 1480. The second-order valence-corrected chi connectivity index (χ2v) is 11.4. The number of amides is 3. The molecule has 2 aromatic carbocycles. The number of anilines is 1. The van der Waals surface area contributed by atoms with Crippen LogP contribution >= 0.6 is 0 Å². The summed E-state index contributed by atoms with van der Waals surface area (Å²) < 4.78 is 0. The Balaban J connectivity index is 1.30. The van der Waals surface area contributed by atoms with Gasteiger partial charge in [0.1, 0.15) is 18.2 Å². The van der Waals surface area contributed by atoms with Gasteiger partial charge in [-0.1, -0.05) is 48.5 Å². The van der Waals surface area contributed by atoms with Crippen LogP contribution in [0.5, 0.6) is 0 Å². The number of piperazine rings is 1. The van der Waals surface area contributed by atoms with Crippen LogP contribution in [0.3, 0.4) is 0 Å². The summed E-state index contributed by atoms with van der Waals surface area (Å²) >= 11 is 0. The number of amidine groups is 1. The van der Waals surface area contributed by atoms with Gasteiger partial charge in [0.2, 0.25) is 17.7 Å². The summed E-state index contributed by atoms with van der Waals surface area (Å²) in [6, 6.07) is 17.2. The van der Waals surface area contributed by atoms with Gasteiger partial charge in [-0.25, -0.2) is 0 Å². The number of nitrogens with one attached hydrogen (secondary N) is 3. The van der Waals surface area contributed by atoms with E-state index in [2.05, 4.69) is 15.6 Å². The van der Waals surface area contributed by atoms with Crippen molar-refractivity contribution in [3.63, 3.8) is 0 Å². The molecule has 226 valence electrons. The summed E-state index contributed by atoms with van der Waals surface area (Å²) in [5, 5.41) is 25.3. The van der Waals surface area contributed by atoms with Crippen LogP contribution in [-0.2, 0) is 20.8 Å². The SMILES string of the molecule is CC(=N)N1CCN(C)C(C(=O)N2C[C@H](NC(=O)[C@H](O)CCc3ccccc3)C[C@H]2C(=O)Nc2cnc3ccccc3c2)C1. The number of likely N-dealkylation sites (tertiary alicyclic amines) is 1. The number of aromatic nitrogens is 1. The Labute approximate surface area is 251 Å². The molecular weight excluding hydrogens is 546 g/mol. The molecule has 2 fully saturated rings. The zero-order valence-corrected chi connectivity index (χ0v) is 24.6. The molecule has 11 nitrogen and oxygen atoms in total. The Morgan fingerprint density at radius 3 is 2.56 bits per heavy atom. The molecular formula is C32H39N7O4. The summed E-state index contributed by atoms with van der Waals surface area (Å²) in [6.07, 6.45) is 1.39. The number of hydrogen-bond acceptors (Lipinski definition) is 7. The molecule has 4 N–H and O–H groups in total. The molecule has 11 heteroatoms. The van der Waals surface area contributed by atoms with E-state index in [9.17, 15) is 19.5 Å². The van der Waals surface area contributed by atoms with Gasteiger partial charge in [0.05, 0.1) is 23.2 Å². The number of fused-ring (bicyclic) bond motifs is 1. The van der Waals surface area contributed by atoms with E-state index in [1.165, 1.54) is 4.90 Å². The average Bonchev–Trinajstić information content (AvgIpc) is 3.44. The number of carbonyl (C=O) groups excluding carboxylic acids is 3. The molecule has 4 atom stereocenters. The third-order valence-electron chi connectivity index (χ3n) is 8.35. The highest BCUT2D eigenvalue weighted by molar-refractivity contribution is 5.99. The molecule has 2 aliphatic heterocycles. The highest BCUT2D eigenvalue weighted by Crippen LogP contribution is 2.24. The van der Waals surface area contributed by atoms with Gasteiger partial charge in [-0.05, 0) is 50.9 Å². The van der Waals surface area contributed by atoms with Crippen molar-refractivity contribution in [2.75, 3.05) is 38.5 Å². The highest BCUT2D eigenvalue weighted by Gasteiger charge is 2.44. The number of aliphatic hydroxyl groups is 1. The number of carbonyl (C=O) groups is 3. The minimum absolute atomic E-state index is 0.137. The van der Waals surface area contributed by atoms with Crippen LogP contribution in [-0.4, -0.2) is 106 Å². The maximum absolute atomic E-state index is 14.0. The number of hydrogen-bond donors (Lipinski definition) is 4. The summed E-state index contributed by atoms with van der Waals surface area (Å²) in [5.41, 5.74) is 2.34. The van der Waals surface area contributed by atoms with E-state index in [0.717, 1.165) is 16.5 Å². The van der Waals surface area contributed by atoms with Gasteiger partial charge >= 0.3 is 0 Å². The number of aliphatic hydroxyl groups excluding tert-OH is 1. The first-order valence-electron chi connectivity index (χ1n) is 14.7. The van der Waals surface area contributed by atoms with Crippen molar-refractivity contribution in [2.24, 2.45) is 0 Å². The zero-order chi connectivity index (χ0) is 30.5. The Hall–Kier alpha value is -4.35. The van der Waals surface area contributed by atoms with Gasteiger partial charge in [-0.2, -0.15) is 0 Å². The van der Waals surface area contributed by atoms with E-state index >= 15 is 0 Å². The number of rotatable bonds is 8. The van der Waals surface area contributed by atoms with E-state index in [-0.39, 0.29) is 31.2 Å². The molecule has 43 heavy (non-hydrogen) atoms. The van der Waals surface area contributed by atoms with Crippen molar-refractivity contribution in [3.8, 4) is 0 Å². The van der Waals surface area contributed by atoms with E-state index in [1.807, 2.05) is 77.5 Å². The number of pyridine rings is 1. The lowest BCUT2D eigenvalue weighted by atomic mass is 10.1. The Morgan fingerprint density at radius 2 is 1.79 bits per heavy atom. The zero-order valence-electron chi connectivity index (χ0n) is 24.6. The van der Waals surface area contributed by atoms with Crippen LogP contribution < -0.4 is 10.6 Å². The fraction of sp³-hybridized carbons (Fsp3) is 0.406. The van der Waals surface area contributed by atoms with Crippen molar-refractivity contribution in [2.45, 2.75) is 50.4 Å². The molecule has 3 heterocycles. The van der Waals surface area contributed by atoms with Crippen LogP contribution in [0.2, 0.25) is 0 Å². The lowest BCUT2D eigenvalue weighted by Crippen LogP contribution is -2.60. The van der Waals surface area contributed by atoms with Gasteiger partial charge in [-0.15, -0.1) is 0 Å². The largest absolute Gasteiger partial charge is 0.383 e. The first kappa shape index (κ1) is 30.1. The standard InChI is InChI=1S/C32H39N7O4/c1-21(33)38-15-14-37(2)28(20-38)32(43)39-19-25(36-31(42)29(40)13-12-22-8-4-3-5-9-22)17-27(39)30(41)35-24-16-23-10-6-7-11-26(23)34-18-24/h3-11,16,18,25,27-29,33,40H,12-15,17,19-20H2,1-2H3,(H,35,41)(H,36,42)/t25-,27+,28?,29-/m1/s1. The fourth-order valence-electron chi connectivity index (χ4n) is 5.81. The number of aryl methyl sites for hydroxylation is 1. The molecule has 0 aliphatic carbocycles. The molecule has 5 rings (SSSR count). The monoisotopic (exact) mass is 585 g/mol. The molecule has 0 spiro atoms. The molecule has 1 unspecified atom stereocenters. The van der Waals surface area contributed by atoms with Crippen molar-refractivity contribution in [1.29, 1.82) is 5.41 Å². The quantitative estimate of drug-likeness (QED) is 0.234. The molecule has 0 saturated carbocycles. The molecule has 3 amide bonds. The van der Waals surface area contributed by atoms with Crippen LogP contribution in [0.15, 0.2) is 66.9 Å². The van der Waals surface area contributed by atoms with E-state index < -0.39 is 30.1 Å². The Kier molecular flexibility index (Phi) is 9.32. The normalized spacial score (nSPS) is 21.4. The maximum Gasteiger partial charge on any atom is 0.249 e. The van der Waals surface area contributed by atoms with Gasteiger partial charge in [0, 0.05) is 37.6 Å². The van der Waals surface area contributed by atoms with Gasteiger partial charge in [-0.3, -0.25) is 29.7 Å². The molecule has 0 bridgehead atoms. The van der Waals surface area contributed by atoms with E-state index in [4.69, 9.17) is 5.41 Å². The van der Waals surface area contributed by atoms with Crippen molar-refractivity contribution in [3.05, 3.63) is 72.4 Å². The predicted octanol–water partition coefficient (Wildman–Crippen LogP) is 1.87. The Morgan fingerprint density at radius 1 is 1.05 bits per heavy atom. The fourth-order valence-corrected chi connectivity index (χ4v) is 5.81. The van der Waals surface area contributed by atoms with E-state index in [0.29, 0.717) is 37.6 Å². The average molecular weight is 586 g/mol. The number of benzene rings is 2. The summed E-state index contributed by atoms with van der Waals surface area (Å²) in [6.45, 7) is 3.43. The van der Waals surface area contributed by atoms with Crippen LogP contribution in [0, 0.1) is 5.41 Å². The summed E-state index contributed by atoms with van der Waals surface area (Å²) in [5.74, 6) is -0.731. The summed E-state index contributed by atoms with van der Waals surface area (Å²) in [7, 11) is 1.87. The molecule has 1 aromatic heterocycles. The molecule has 0 radical (unpaired) electrons. The lowest BCUT2D eigenvalue weighted by molar-refractivity contribution is -0.142. The minimum Gasteiger partial charge on any atom is -0.383 e. The third kappa shape index (κ3) is 7.18. The minimum atomic E-state index is -1.21. The maximum atomic E-state index is 14.0. The predicted molar refractivity (Wildman–Crippen MR) is 165 cm³/mol. The van der Waals surface area contributed by atoms with Gasteiger partial charge in [0.15, 0.2) is 0 Å². The van der Waals surface area contributed by atoms with Crippen molar-refractivity contribution >= 4 is 40.1 Å². The molecule has 2 saturated heterocycles. The topological polar surface area (TPSA) is 142 Å². The third-order valence-corrected chi connectivity index (χ3v) is 8.35. The molecule has 2 aliphatic rings. The van der Waals surface area contributed by atoms with Crippen molar-refractivity contribution < 1.29 is 19.5 Å². The highest BCUT2D eigenvalue weighted by atomic mass is 16.3. The number of nitrogens with zero attached hydrogens (tertiary/aromatic N) is 4. The second-order valence-electron chi connectivity index (χ2n) is 11.4. The van der Waals surface area contributed by atoms with Gasteiger partial charge < -0.3 is 25.5 Å². The first-order chi connectivity index (χ1) is 20.7. The number of para-hydroxylation sites is 1. The number of likely N-dealkylation sites (N-methyl/N-ethyl adjacent to an activating group) is 1. The smallest absolute Gasteiger partial charge is 0.249 e.